The van der Waals surface area contributed by atoms with Gasteiger partial charge in [0.25, 0.3) is 0 Å². The number of nitrogens with one attached hydrogen (secondary N) is 1. The highest BCUT2D eigenvalue weighted by molar-refractivity contribution is 6.31. The monoisotopic (exact) mass is 307 g/mol. The molecule has 3 unspecified atom stereocenters. The van der Waals surface area contributed by atoms with Crippen LogP contribution in [0.25, 0.3) is 0 Å². The number of halogens is 1. The summed E-state index contributed by atoms with van der Waals surface area (Å²) < 4.78 is 6.50. The van der Waals surface area contributed by atoms with Crippen molar-refractivity contribution in [2.75, 3.05) is 6.54 Å². The summed E-state index contributed by atoms with van der Waals surface area (Å²) in [7, 11) is 0. The average molecular weight is 308 g/mol. The van der Waals surface area contributed by atoms with Crippen LogP contribution in [0.1, 0.15) is 57.1 Å². The van der Waals surface area contributed by atoms with E-state index in [0.29, 0.717) is 18.1 Å². The van der Waals surface area contributed by atoms with Gasteiger partial charge in [0.2, 0.25) is 0 Å². The van der Waals surface area contributed by atoms with E-state index in [1.807, 2.05) is 12.1 Å². The molecule has 2 aliphatic rings. The molecular formula is C18H26ClNO. The SMILES string of the molecule is CC1CCCCC1OC(CNC1CC1)c1ccccc1Cl. The van der Waals surface area contributed by atoms with Crippen molar-refractivity contribution in [2.24, 2.45) is 5.92 Å². The Balaban J connectivity index is 1.70. The average Bonchev–Trinajstić information content (AvgIpc) is 3.30. The highest BCUT2D eigenvalue weighted by atomic mass is 35.5. The Labute approximate surface area is 133 Å². The van der Waals surface area contributed by atoms with Crippen molar-refractivity contribution in [3.8, 4) is 0 Å². The molecule has 2 fully saturated rings. The molecular weight excluding hydrogens is 282 g/mol. The van der Waals surface area contributed by atoms with Crippen molar-refractivity contribution >= 4 is 11.6 Å². The topological polar surface area (TPSA) is 21.3 Å². The molecule has 0 radical (unpaired) electrons. The molecule has 0 spiro atoms. The first-order chi connectivity index (χ1) is 10.2. The first-order valence-corrected chi connectivity index (χ1v) is 8.75. The van der Waals surface area contributed by atoms with Gasteiger partial charge < -0.3 is 10.1 Å². The highest BCUT2D eigenvalue weighted by Gasteiger charge is 2.28. The molecule has 1 aromatic carbocycles. The second kappa shape index (κ2) is 7.13. The van der Waals surface area contributed by atoms with Crippen molar-refractivity contribution in [1.82, 2.24) is 5.32 Å². The Bertz CT molecular complexity index is 460. The lowest BCUT2D eigenvalue weighted by Crippen LogP contribution is -2.32. The normalized spacial score (nSPS) is 27.5. The zero-order valence-electron chi connectivity index (χ0n) is 12.9. The summed E-state index contributed by atoms with van der Waals surface area (Å²) in [5.41, 5.74) is 1.13. The van der Waals surface area contributed by atoms with Crippen molar-refractivity contribution in [2.45, 2.75) is 63.7 Å². The Morgan fingerprint density at radius 2 is 1.95 bits per heavy atom. The lowest BCUT2D eigenvalue weighted by Gasteiger charge is -2.33. The van der Waals surface area contributed by atoms with E-state index in [0.717, 1.165) is 17.1 Å². The van der Waals surface area contributed by atoms with E-state index in [9.17, 15) is 0 Å². The predicted octanol–water partition coefficient (Wildman–Crippen LogP) is 4.73. The van der Waals surface area contributed by atoms with Gasteiger partial charge in [-0.3, -0.25) is 0 Å². The van der Waals surface area contributed by atoms with Gasteiger partial charge in [0.1, 0.15) is 0 Å². The Hall–Kier alpha value is -0.570. The van der Waals surface area contributed by atoms with E-state index >= 15 is 0 Å². The molecule has 3 rings (SSSR count). The summed E-state index contributed by atoms with van der Waals surface area (Å²) in [4.78, 5) is 0. The van der Waals surface area contributed by atoms with E-state index < -0.39 is 0 Å². The second-order valence-corrected chi connectivity index (χ2v) is 7.04. The maximum absolute atomic E-state index is 6.50. The van der Waals surface area contributed by atoms with Gasteiger partial charge in [0.05, 0.1) is 12.2 Å². The maximum Gasteiger partial charge on any atom is 0.0967 e. The fourth-order valence-corrected chi connectivity index (χ4v) is 3.48. The van der Waals surface area contributed by atoms with Crippen LogP contribution in [0.4, 0.5) is 0 Å². The summed E-state index contributed by atoms with van der Waals surface area (Å²) in [6.07, 6.45) is 8.16. The lowest BCUT2D eigenvalue weighted by atomic mass is 9.87. The minimum absolute atomic E-state index is 0.0739. The van der Waals surface area contributed by atoms with Crippen LogP contribution in [-0.2, 0) is 4.74 Å². The van der Waals surface area contributed by atoms with Crippen molar-refractivity contribution in [3.05, 3.63) is 34.9 Å². The summed E-state index contributed by atoms with van der Waals surface area (Å²) >= 11 is 6.40. The highest BCUT2D eigenvalue weighted by Crippen LogP contribution is 2.33. The maximum atomic E-state index is 6.50. The summed E-state index contributed by atoms with van der Waals surface area (Å²) in [5, 5.41) is 4.43. The second-order valence-electron chi connectivity index (χ2n) is 6.63. The smallest absolute Gasteiger partial charge is 0.0967 e. The van der Waals surface area contributed by atoms with E-state index in [1.165, 1.54) is 38.5 Å². The van der Waals surface area contributed by atoms with Gasteiger partial charge in [-0.25, -0.2) is 0 Å². The molecule has 0 saturated heterocycles. The number of benzene rings is 1. The standard InChI is InChI=1S/C18H26ClNO/c1-13-6-2-5-9-17(13)21-18(12-20-14-10-11-14)15-7-3-4-8-16(15)19/h3-4,7-8,13-14,17-18,20H,2,5-6,9-12H2,1H3. The zero-order valence-corrected chi connectivity index (χ0v) is 13.6. The van der Waals surface area contributed by atoms with E-state index in [-0.39, 0.29) is 6.10 Å². The minimum atomic E-state index is 0.0739. The molecule has 0 aromatic heterocycles. The van der Waals surface area contributed by atoms with E-state index in [2.05, 4.69) is 24.4 Å². The third kappa shape index (κ3) is 4.21. The molecule has 0 heterocycles. The molecule has 0 amide bonds. The van der Waals surface area contributed by atoms with E-state index in [4.69, 9.17) is 16.3 Å². The molecule has 0 bridgehead atoms. The first kappa shape index (κ1) is 15.3. The number of rotatable bonds is 6. The summed E-state index contributed by atoms with van der Waals surface area (Å²) in [6, 6.07) is 8.81. The van der Waals surface area contributed by atoms with Crippen LogP contribution in [0.15, 0.2) is 24.3 Å². The van der Waals surface area contributed by atoms with Crippen LogP contribution in [0, 0.1) is 5.92 Å². The number of hydrogen-bond acceptors (Lipinski definition) is 2. The number of ether oxygens (including phenoxy) is 1. The van der Waals surface area contributed by atoms with Gasteiger partial charge in [-0.15, -0.1) is 0 Å². The molecule has 21 heavy (non-hydrogen) atoms. The fourth-order valence-electron chi connectivity index (χ4n) is 3.22. The quantitative estimate of drug-likeness (QED) is 0.820. The van der Waals surface area contributed by atoms with Crippen LogP contribution >= 0.6 is 11.6 Å². The van der Waals surface area contributed by atoms with Crippen LogP contribution in [0.5, 0.6) is 0 Å². The van der Waals surface area contributed by atoms with Crippen LogP contribution in [0.2, 0.25) is 5.02 Å². The zero-order chi connectivity index (χ0) is 14.7. The van der Waals surface area contributed by atoms with Crippen molar-refractivity contribution in [1.29, 1.82) is 0 Å². The number of hydrogen-bond donors (Lipinski definition) is 1. The van der Waals surface area contributed by atoms with E-state index in [1.54, 1.807) is 0 Å². The van der Waals surface area contributed by atoms with Gasteiger partial charge in [0, 0.05) is 23.2 Å². The van der Waals surface area contributed by atoms with Gasteiger partial charge in [-0.2, -0.15) is 0 Å². The predicted molar refractivity (Wildman–Crippen MR) is 87.7 cm³/mol. The first-order valence-electron chi connectivity index (χ1n) is 8.37. The molecule has 2 nitrogen and oxygen atoms in total. The third-order valence-electron chi connectivity index (χ3n) is 4.79. The Morgan fingerprint density at radius 3 is 2.67 bits per heavy atom. The van der Waals surface area contributed by atoms with Crippen molar-refractivity contribution in [3.63, 3.8) is 0 Å². The molecule has 2 aliphatic carbocycles. The molecule has 2 saturated carbocycles. The van der Waals surface area contributed by atoms with Gasteiger partial charge >= 0.3 is 0 Å². The fraction of sp³-hybridized carbons (Fsp3) is 0.667. The Kier molecular flexibility index (Phi) is 5.20. The molecule has 1 aromatic rings. The molecule has 116 valence electrons. The molecule has 0 aliphatic heterocycles. The Morgan fingerprint density at radius 1 is 1.19 bits per heavy atom. The third-order valence-corrected chi connectivity index (χ3v) is 5.14. The van der Waals surface area contributed by atoms with Gasteiger partial charge in [0.15, 0.2) is 0 Å². The van der Waals surface area contributed by atoms with Gasteiger partial charge in [-0.05, 0) is 37.7 Å². The summed E-state index contributed by atoms with van der Waals surface area (Å²) in [6.45, 7) is 3.19. The van der Waals surface area contributed by atoms with Gasteiger partial charge in [-0.1, -0.05) is 49.6 Å². The molecule has 1 N–H and O–H groups in total. The van der Waals surface area contributed by atoms with Crippen LogP contribution in [-0.4, -0.2) is 18.7 Å². The molecule has 3 heteroatoms. The minimum Gasteiger partial charge on any atom is -0.369 e. The van der Waals surface area contributed by atoms with Crippen LogP contribution < -0.4 is 5.32 Å². The molecule has 3 atom stereocenters. The van der Waals surface area contributed by atoms with Crippen LogP contribution in [0.3, 0.4) is 0 Å². The summed E-state index contributed by atoms with van der Waals surface area (Å²) in [5.74, 6) is 0.657. The van der Waals surface area contributed by atoms with Crippen molar-refractivity contribution < 1.29 is 4.74 Å². The lowest BCUT2D eigenvalue weighted by molar-refractivity contribution is -0.0565. The largest absolute Gasteiger partial charge is 0.369 e.